The molecule has 6 nitrogen and oxygen atoms in total. The normalized spacial score (nSPS) is 16.4. The van der Waals surface area contributed by atoms with Crippen LogP contribution in [-0.4, -0.2) is 34.6 Å². The number of carbonyl (C=O) groups excluding carboxylic acids is 1. The molecule has 2 aromatic carbocycles. The van der Waals surface area contributed by atoms with Crippen LogP contribution < -0.4 is 4.74 Å². The smallest absolute Gasteiger partial charge is 0.258 e. The minimum Gasteiger partial charge on any atom is -0.496 e. The number of halogens is 1. The van der Waals surface area contributed by atoms with Gasteiger partial charge in [0.1, 0.15) is 11.8 Å². The zero-order valence-corrected chi connectivity index (χ0v) is 16.4. The maximum absolute atomic E-state index is 13.2. The summed E-state index contributed by atoms with van der Waals surface area (Å²) in [4.78, 5) is 19.5. The Labute approximate surface area is 168 Å². The fraction of sp³-hybridized carbons (Fsp3) is 0.286. The van der Waals surface area contributed by atoms with Crippen LogP contribution in [0, 0.1) is 6.92 Å². The fourth-order valence-electron chi connectivity index (χ4n) is 3.46. The number of aromatic nitrogens is 2. The Morgan fingerprint density at radius 1 is 1.25 bits per heavy atom. The third-order valence-corrected chi connectivity index (χ3v) is 5.18. The average molecular weight is 398 g/mol. The highest BCUT2D eigenvalue weighted by atomic mass is 35.5. The van der Waals surface area contributed by atoms with Gasteiger partial charge < -0.3 is 14.2 Å². The molecule has 2 heterocycles. The number of ether oxygens (including phenoxy) is 1. The lowest BCUT2D eigenvalue weighted by Crippen LogP contribution is -2.31. The zero-order chi connectivity index (χ0) is 19.7. The van der Waals surface area contributed by atoms with E-state index in [9.17, 15) is 4.79 Å². The van der Waals surface area contributed by atoms with Crippen molar-refractivity contribution in [2.24, 2.45) is 0 Å². The van der Waals surface area contributed by atoms with Crippen molar-refractivity contribution in [3.8, 4) is 17.1 Å². The molecule has 0 saturated carbocycles. The van der Waals surface area contributed by atoms with Crippen LogP contribution in [0.25, 0.3) is 11.4 Å². The number of methoxy groups -OCH3 is 1. The zero-order valence-electron chi connectivity index (χ0n) is 15.7. The van der Waals surface area contributed by atoms with Crippen LogP contribution in [-0.2, 0) is 0 Å². The second kappa shape index (κ2) is 7.64. The van der Waals surface area contributed by atoms with Crippen molar-refractivity contribution in [2.75, 3.05) is 13.7 Å². The second-order valence-electron chi connectivity index (χ2n) is 6.82. The number of benzene rings is 2. The number of aryl methyl sites for hydroxylation is 1. The van der Waals surface area contributed by atoms with Crippen LogP contribution in [0.5, 0.6) is 5.75 Å². The Bertz CT molecular complexity index is 1000. The SMILES string of the molecule is COc1ccc(Cl)cc1C(=O)N1CCC[C@@H]1c1nc(-c2ccc(C)cc2)no1. The van der Waals surface area contributed by atoms with Crippen molar-refractivity contribution < 1.29 is 14.1 Å². The number of carbonyl (C=O) groups is 1. The van der Waals surface area contributed by atoms with Gasteiger partial charge in [-0.2, -0.15) is 4.98 Å². The molecule has 1 fully saturated rings. The number of amides is 1. The van der Waals surface area contributed by atoms with Crippen LogP contribution >= 0.6 is 11.6 Å². The second-order valence-corrected chi connectivity index (χ2v) is 7.26. The van der Waals surface area contributed by atoms with E-state index in [0.717, 1.165) is 24.0 Å². The standard InChI is InChI=1S/C21H20ClN3O3/c1-13-5-7-14(8-6-13)19-23-20(28-24-19)17-4-3-11-25(17)21(26)16-12-15(22)9-10-18(16)27-2/h5-10,12,17H,3-4,11H2,1-2H3/t17-/m1/s1. The summed E-state index contributed by atoms with van der Waals surface area (Å²) in [6, 6.07) is 12.7. The quantitative estimate of drug-likeness (QED) is 0.639. The lowest BCUT2D eigenvalue weighted by atomic mass is 10.1. The van der Waals surface area contributed by atoms with Crippen LogP contribution in [0.15, 0.2) is 47.0 Å². The highest BCUT2D eigenvalue weighted by molar-refractivity contribution is 6.31. The Balaban J connectivity index is 1.61. The summed E-state index contributed by atoms with van der Waals surface area (Å²) in [5.74, 6) is 1.31. The molecule has 0 N–H and O–H groups in total. The predicted octanol–water partition coefficient (Wildman–Crippen LogP) is 4.68. The van der Waals surface area contributed by atoms with Gasteiger partial charge in [-0.25, -0.2) is 0 Å². The lowest BCUT2D eigenvalue weighted by molar-refractivity contribution is 0.0706. The molecule has 1 saturated heterocycles. The van der Waals surface area contributed by atoms with E-state index in [4.69, 9.17) is 20.9 Å². The highest BCUT2D eigenvalue weighted by Gasteiger charge is 2.35. The van der Waals surface area contributed by atoms with Crippen molar-refractivity contribution in [1.82, 2.24) is 15.0 Å². The van der Waals surface area contributed by atoms with Gasteiger partial charge in [-0.15, -0.1) is 0 Å². The molecule has 0 bridgehead atoms. The first-order valence-corrected chi connectivity index (χ1v) is 9.50. The van der Waals surface area contributed by atoms with Crippen molar-refractivity contribution in [2.45, 2.75) is 25.8 Å². The van der Waals surface area contributed by atoms with Crippen LogP contribution in [0.4, 0.5) is 0 Å². The van der Waals surface area contributed by atoms with Gasteiger partial charge >= 0.3 is 0 Å². The Kier molecular flexibility index (Phi) is 5.05. The summed E-state index contributed by atoms with van der Waals surface area (Å²) in [6.45, 7) is 2.64. The molecule has 0 unspecified atom stereocenters. The molecule has 1 aliphatic heterocycles. The molecule has 0 spiro atoms. The predicted molar refractivity (Wildman–Crippen MR) is 105 cm³/mol. The Morgan fingerprint density at radius 3 is 2.79 bits per heavy atom. The van der Waals surface area contributed by atoms with Crippen molar-refractivity contribution in [3.05, 3.63) is 64.5 Å². The van der Waals surface area contributed by atoms with Gasteiger partial charge in [-0.3, -0.25) is 4.79 Å². The molecule has 1 atom stereocenters. The minimum atomic E-state index is -0.261. The summed E-state index contributed by atoms with van der Waals surface area (Å²) in [7, 11) is 1.54. The highest BCUT2D eigenvalue weighted by Crippen LogP contribution is 2.35. The molecule has 0 aliphatic carbocycles. The van der Waals surface area contributed by atoms with Crippen molar-refractivity contribution in [1.29, 1.82) is 0 Å². The topological polar surface area (TPSA) is 68.5 Å². The molecule has 0 radical (unpaired) electrons. The average Bonchev–Trinajstić information content (AvgIpc) is 3.37. The van der Waals surface area contributed by atoms with E-state index in [1.807, 2.05) is 31.2 Å². The maximum atomic E-state index is 13.2. The van der Waals surface area contributed by atoms with Gasteiger partial charge in [0.05, 0.1) is 12.7 Å². The molecular weight excluding hydrogens is 378 g/mol. The van der Waals surface area contributed by atoms with Crippen LogP contribution in [0.1, 0.15) is 40.7 Å². The van der Waals surface area contributed by atoms with Gasteiger partial charge in [0.25, 0.3) is 5.91 Å². The fourth-order valence-corrected chi connectivity index (χ4v) is 3.63. The first kappa shape index (κ1) is 18.5. The maximum Gasteiger partial charge on any atom is 0.258 e. The summed E-state index contributed by atoms with van der Waals surface area (Å²) < 4.78 is 10.9. The van der Waals surface area contributed by atoms with E-state index < -0.39 is 0 Å². The molecule has 4 rings (SSSR count). The van der Waals surface area contributed by atoms with Crippen molar-refractivity contribution >= 4 is 17.5 Å². The van der Waals surface area contributed by atoms with Crippen LogP contribution in [0.3, 0.4) is 0 Å². The van der Waals surface area contributed by atoms with Gasteiger partial charge in [0.2, 0.25) is 11.7 Å². The van der Waals surface area contributed by atoms with Gasteiger partial charge in [0.15, 0.2) is 0 Å². The van der Waals surface area contributed by atoms with E-state index in [2.05, 4.69) is 10.1 Å². The van der Waals surface area contributed by atoms with Crippen molar-refractivity contribution in [3.63, 3.8) is 0 Å². The molecule has 7 heteroatoms. The number of rotatable bonds is 4. The molecular formula is C21H20ClN3O3. The summed E-state index contributed by atoms with van der Waals surface area (Å²) in [5.41, 5.74) is 2.48. The summed E-state index contributed by atoms with van der Waals surface area (Å²) >= 11 is 6.09. The van der Waals surface area contributed by atoms with E-state index in [-0.39, 0.29) is 11.9 Å². The number of hydrogen-bond acceptors (Lipinski definition) is 5. The van der Waals surface area contributed by atoms with Gasteiger partial charge in [-0.05, 0) is 38.0 Å². The van der Waals surface area contributed by atoms with E-state index in [0.29, 0.717) is 34.6 Å². The number of nitrogens with zero attached hydrogens (tertiary/aromatic N) is 3. The largest absolute Gasteiger partial charge is 0.496 e. The molecule has 1 aromatic heterocycles. The molecule has 28 heavy (non-hydrogen) atoms. The molecule has 1 amide bonds. The number of hydrogen-bond donors (Lipinski definition) is 0. The monoisotopic (exact) mass is 397 g/mol. The Morgan fingerprint density at radius 2 is 2.04 bits per heavy atom. The number of likely N-dealkylation sites (tertiary alicyclic amines) is 1. The Hall–Kier alpha value is -2.86. The third-order valence-electron chi connectivity index (χ3n) is 4.94. The van der Waals surface area contributed by atoms with E-state index in [1.165, 1.54) is 7.11 Å². The summed E-state index contributed by atoms with van der Waals surface area (Å²) in [6.07, 6.45) is 1.63. The van der Waals surface area contributed by atoms with Crippen LogP contribution in [0.2, 0.25) is 5.02 Å². The van der Waals surface area contributed by atoms with Gasteiger partial charge in [0, 0.05) is 17.1 Å². The minimum absolute atomic E-state index is 0.156. The molecule has 3 aromatic rings. The van der Waals surface area contributed by atoms with E-state index in [1.54, 1.807) is 23.1 Å². The summed E-state index contributed by atoms with van der Waals surface area (Å²) in [5, 5.41) is 4.59. The molecule has 144 valence electrons. The first-order valence-electron chi connectivity index (χ1n) is 9.12. The molecule has 1 aliphatic rings. The first-order chi connectivity index (χ1) is 13.6. The van der Waals surface area contributed by atoms with E-state index >= 15 is 0 Å². The lowest BCUT2D eigenvalue weighted by Gasteiger charge is -2.23. The third kappa shape index (κ3) is 3.47. The van der Waals surface area contributed by atoms with Gasteiger partial charge in [-0.1, -0.05) is 46.6 Å².